The Labute approximate surface area is 94.7 Å². The molecule has 88 valence electrons. The van der Waals surface area contributed by atoms with Crippen molar-refractivity contribution < 1.29 is 14.3 Å². The molecule has 2 rings (SSSR count). The highest BCUT2D eigenvalue weighted by atomic mass is 16.4. The first-order valence-corrected chi connectivity index (χ1v) is 5.40. The highest BCUT2D eigenvalue weighted by Gasteiger charge is 2.67. The van der Waals surface area contributed by atoms with Gasteiger partial charge in [0.1, 0.15) is 5.76 Å². The molecule has 1 aliphatic carbocycles. The molecule has 0 spiro atoms. The molecule has 1 heterocycles. The van der Waals surface area contributed by atoms with Gasteiger partial charge in [-0.25, -0.2) is 9.78 Å². The number of carboxylic acid groups (broad SMARTS) is 1. The molecule has 1 fully saturated rings. The minimum absolute atomic E-state index is 0.0356. The number of nitrogens with zero attached hydrogens (tertiary/aromatic N) is 1. The SMILES string of the molecule is Cc1oc(C2C(C)(C)C2(C)C)nc1C(=O)O. The summed E-state index contributed by atoms with van der Waals surface area (Å²) in [6.45, 7) is 10.2. The predicted molar refractivity (Wildman–Crippen MR) is 58.5 cm³/mol. The second-order valence-corrected chi connectivity index (χ2v) is 5.64. The molecule has 0 aliphatic heterocycles. The molecule has 4 nitrogen and oxygen atoms in total. The average Bonchev–Trinajstić information content (AvgIpc) is 2.42. The number of carboxylic acids is 1. The third-order valence-corrected chi connectivity index (χ3v) is 4.28. The van der Waals surface area contributed by atoms with Crippen LogP contribution in [0, 0.1) is 17.8 Å². The molecule has 0 amide bonds. The first kappa shape index (κ1) is 11.2. The minimum Gasteiger partial charge on any atom is -0.476 e. The number of carbonyl (C=O) groups is 1. The molecule has 16 heavy (non-hydrogen) atoms. The monoisotopic (exact) mass is 223 g/mol. The first-order valence-electron chi connectivity index (χ1n) is 5.40. The van der Waals surface area contributed by atoms with Crippen molar-refractivity contribution in [3.05, 3.63) is 17.3 Å². The van der Waals surface area contributed by atoms with E-state index in [4.69, 9.17) is 9.52 Å². The summed E-state index contributed by atoms with van der Waals surface area (Å²) in [6, 6.07) is 0. The summed E-state index contributed by atoms with van der Waals surface area (Å²) in [4.78, 5) is 15.0. The van der Waals surface area contributed by atoms with Crippen molar-refractivity contribution in [1.82, 2.24) is 4.98 Å². The van der Waals surface area contributed by atoms with E-state index >= 15 is 0 Å². The molecule has 0 aromatic carbocycles. The lowest BCUT2D eigenvalue weighted by Gasteiger charge is -2.03. The molecular weight excluding hydrogens is 206 g/mol. The molecule has 1 aliphatic rings. The van der Waals surface area contributed by atoms with Crippen molar-refractivity contribution in [3.8, 4) is 0 Å². The van der Waals surface area contributed by atoms with E-state index in [1.165, 1.54) is 0 Å². The Morgan fingerprint density at radius 3 is 2.12 bits per heavy atom. The Balaban J connectivity index is 2.39. The van der Waals surface area contributed by atoms with Gasteiger partial charge in [-0.2, -0.15) is 0 Å². The van der Waals surface area contributed by atoms with E-state index in [2.05, 4.69) is 32.7 Å². The van der Waals surface area contributed by atoms with Gasteiger partial charge in [-0.05, 0) is 17.8 Å². The Hall–Kier alpha value is -1.32. The Morgan fingerprint density at radius 1 is 1.31 bits per heavy atom. The number of hydrogen-bond acceptors (Lipinski definition) is 3. The van der Waals surface area contributed by atoms with E-state index < -0.39 is 5.97 Å². The summed E-state index contributed by atoms with van der Waals surface area (Å²) in [5, 5.41) is 8.92. The topological polar surface area (TPSA) is 63.3 Å². The van der Waals surface area contributed by atoms with Crippen LogP contribution in [0.5, 0.6) is 0 Å². The summed E-state index contributed by atoms with van der Waals surface area (Å²) < 4.78 is 5.48. The lowest BCUT2D eigenvalue weighted by atomic mass is 10.0. The van der Waals surface area contributed by atoms with Gasteiger partial charge in [-0.1, -0.05) is 27.7 Å². The molecule has 0 unspecified atom stereocenters. The van der Waals surface area contributed by atoms with Gasteiger partial charge in [0.25, 0.3) is 0 Å². The summed E-state index contributed by atoms with van der Waals surface area (Å²) >= 11 is 0. The van der Waals surface area contributed by atoms with E-state index in [0.717, 1.165) is 0 Å². The van der Waals surface area contributed by atoms with Crippen molar-refractivity contribution in [1.29, 1.82) is 0 Å². The Bertz CT molecular complexity index is 443. The van der Waals surface area contributed by atoms with Crippen LogP contribution in [-0.4, -0.2) is 16.1 Å². The first-order chi connectivity index (χ1) is 7.19. The maximum absolute atomic E-state index is 10.9. The van der Waals surface area contributed by atoms with Crippen LogP contribution in [-0.2, 0) is 0 Å². The summed E-state index contributed by atoms with van der Waals surface area (Å²) in [5.41, 5.74) is 0.258. The maximum Gasteiger partial charge on any atom is 0.358 e. The number of hydrogen-bond donors (Lipinski definition) is 1. The van der Waals surface area contributed by atoms with Crippen molar-refractivity contribution in [2.75, 3.05) is 0 Å². The fraction of sp³-hybridized carbons (Fsp3) is 0.667. The van der Waals surface area contributed by atoms with Gasteiger partial charge in [-0.3, -0.25) is 0 Å². The van der Waals surface area contributed by atoms with Gasteiger partial charge in [-0.15, -0.1) is 0 Å². The average molecular weight is 223 g/mol. The van der Waals surface area contributed by atoms with Gasteiger partial charge < -0.3 is 9.52 Å². The molecular formula is C12H17NO3. The van der Waals surface area contributed by atoms with E-state index in [0.29, 0.717) is 11.7 Å². The largest absolute Gasteiger partial charge is 0.476 e. The third kappa shape index (κ3) is 1.22. The van der Waals surface area contributed by atoms with Gasteiger partial charge in [0.05, 0.1) is 0 Å². The second kappa shape index (κ2) is 2.87. The normalized spacial score (nSPS) is 22.1. The summed E-state index contributed by atoms with van der Waals surface area (Å²) in [7, 11) is 0. The zero-order valence-electron chi connectivity index (χ0n) is 10.3. The fourth-order valence-corrected chi connectivity index (χ4v) is 2.55. The molecule has 1 aromatic rings. The standard InChI is InChI=1S/C12H17NO3/c1-6-7(10(14)15)13-9(16-6)8-11(2,3)12(8,4)5/h8H,1-5H3,(H,14,15). The molecule has 1 N–H and O–H groups in total. The molecule has 0 atom stereocenters. The maximum atomic E-state index is 10.9. The van der Waals surface area contributed by atoms with Crippen LogP contribution in [0.15, 0.2) is 4.42 Å². The minimum atomic E-state index is -1.02. The molecule has 0 bridgehead atoms. The van der Waals surface area contributed by atoms with Gasteiger partial charge in [0.15, 0.2) is 11.6 Å². The van der Waals surface area contributed by atoms with Crippen LogP contribution in [0.4, 0.5) is 0 Å². The highest BCUT2D eigenvalue weighted by molar-refractivity contribution is 5.86. The van der Waals surface area contributed by atoms with Crippen LogP contribution in [0.25, 0.3) is 0 Å². The number of aromatic carboxylic acids is 1. The van der Waals surface area contributed by atoms with Crippen LogP contribution in [0.1, 0.15) is 55.8 Å². The van der Waals surface area contributed by atoms with Crippen LogP contribution in [0.3, 0.4) is 0 Å². The van der Waals surface area contributed by atoms with Crippen molar-refractivity contribution in [2.45, 2.75) is 40.5 Å². The Morgan fingerprint density at radius 2 is 1.81 bits per heavy atom. The number of aromatic nitrogens is 1. The zero-order valence-corrected chi connectivity index (χ0v) is 10.3. The lowest BCUT2D eigenvalue weighted by molar-refractivity contribution is 0.0689. The number of oxazole rings is 1. The van der Waals surface area contributed by atoms with E-state index in [1.54, 1.807) is 6.92 Å². The number of aryl methyl sites for hydroxylation is 1. The van der Waals surface area contributed by atoms with Crippen LogP contribution in [0.2, 0.25) is 0 Å². The molecule has 0 saturated heterocycles. The molecule has 1 saturated carbocycles. The molecule has 0 radical (unpaired) electrons. The van der Waals surface area contributed by atoms with Crippen molar-refractivity contribution in [3.63, 3.8) is 0 Å². The van der Waals surface area contributed by atoms with Gasteiger partial charge >= 0.3 is 5.97 Å². The highest BCUT2D eigenvalue weighted by Crippen LogP contribution is 2.73. The second-order valence-electron chi connectivity index (χ2n) is 5.64. The Kier molecular flexibility index (Phi) is 2.00. The van der Waals surface area contributed by atoms with Crippen LogP contribution >= 0.6 is 0 Å². The van der Waals surface area contributed by atoms with Crippen molar-refractivity contribution >= 4 is 5.97 Å². The molecule has 4 heteroatoms. The lowest BCUT2D eigenvalue weighted by Crippen LogP contribution is -1.99. The van der Waals surface area contributed by atoms with Gasteiger partial charge in [0.2, 0.25) is 0 Å². The van der Waals surface area contributed by atoms with Crippen LogP contribution < -0.4 is 0 Å². The zero-order chi connectivity index (χ0) is 12.3. The van der Waals surface area contributed by atoms with E-state index in [1.807, 2.05) is 0 Å². The fourth-order valence-electron chi connectivity index (χ4n) is 2.55. The van der Waals surface area contributed by atoms with E-state index in [9.17, 15) is 4.79 Å². The molecule has 1 aromatic heterocycles. The van der Waals surface area contributed by atoms with Gasteiger partial charge in [0, 0.05) is 5.92 Å². The van der Waals surface area contributed by atoms with E-state index in [-0.39, 0.29) is 22.4 Å². The van der Waals surface area contributed by atoms with Crippen molar-refractivity contribution in [2.24, 2.45) is 10.8 Å². The predicted octanol–water partition coefficient (Wildman–Crippen LogP) is 2.83. The number of rotatable bonds is 2. The quantitative estimate of drug-likeness (QED) is 0.837. The smallest absolute Gasteiger partial charge is 0.358 e. The summed E-state index contributed by atoms with van der Waals surface area (Å²) in [5.74, 6) is 0.126. The third-order valence-electron chi connectivity index (χ3n) is 4.28. The summed E-state index contributed by atoms with van der Waals surface area (Å²) in [6.07, 6.45) is 0.